The Bertz CT molecular complexity index is 1280. The van der Waals surface area contributed by atoms with Gasteiger partial charge in [-0.2, -0.15) is 0 Å². The number of para-hydroxylation sites is 2. The Kier molecular flexibility index (Phi) is 8.12. The Morgan fingerprint density at radius 1 is 1.14 bits per heavy atom. The molecule has 1 N–H and O–H groups in total. The number of rotatable bonds is 12. The maximum atomic E-state index is 12.2. The number of hydrogen-bond acceptors (Lipinski definition) is 5. The van der Waals surface area contributed by atoms with E-state index in [1.165, 1.54) is 0 Å². The van der Waals surface area contributed by atoms with Gasteiger partial charge >= 0.3 is 0 Å². The van der Waals surface area contributed by atoms with E-state index in [0.717, 1.165) is 41.7 Å². The Hall–Kier alpha value is -4.13. The second-order valence-electron chi connectivity index (χ2n) is 8.10. The van der Waals surface area contributed by atoms with Crippen LogP contribution in [0.25, 0.3) is 11.0 Å². The highest BCUT2D eigenvalue weighted by Crippen LogP contribution is 2.28. The molecule has 0 atom stereocenters. The van der Waals surface area contributed by atoms with Gasteiger partial charge < -0.3 is 19.4 Å². The first-order valence-electron chi connectivity index (χ1n) is 11.7. The van der Waals surface area contributed by atoms with Gasteiger partial charge in [0.2, 0.25) is 0 Å². The lowest BCUT2D eigenvalue weighted by atomic mass is 10.1. The van der Waals surface area contributed by atoms with Crippen LogP contribution in [0, 0.1) is 0 Å². The van der Waals surface area contributed by atoms with Gasteiger partial charge in [-0.15, -0.1) is 6.58 Å². The number of amides is 1. The van der Waals surface area contributed by atoms with E-state index in [9.17, 15) is 4.79 Å². The van der Waals surface area contributed by atoms with Gasteiger partial charge in [-0.3, -0.25) is 9.78 Å². The largest absolute Gasteiger partial charge is 0.493 e. The maximum Gasteiger partial charge on any atom is 0.252 e. The lowest BCUT2D eigenvalue weighted by Crippen LogP contribution is -2.25. The summed E-state index contributed by atoms with van der Waals surface area (Å²) >= 11 is 0. The van der Waals surface area contributed by atoms with Crippen molar-refractivity contribution in [1.29, 1.82) is 0 Å². The molecule has 0 aliphatic carbocycles. The van der Waals surface area contributed by atoms with Gasteiger partial charge in [0, 0.05) is 25.4 Å². The zero-order chi connectivity index (χ0) is 24.5. The molecule has 0 spiro atoms. The van der Waals surface area contributed by atoms with E-state index in [2.05, 4.69) is 27.5 Å². The first kappa shape index (κ1) is 24.0. The number of methoxy groups -OCH3 is 1. The molecule has 0 radical (unpaired) electrons. The summed E-state index contributed by atoms with van der Waals surface area (Å²) in [4.78, 5) is 21.1. The van der Waals surface area contributed by atoms with Crippen molar-refractivity contribution in [3.8, 4) is 11.5 Å². The van der Waals surface area contributed by atoms with Crippen molar-refractivity contribution in [3.63, 3.8) is 0 Å². The molecule has 35 heavy (non-hydrogen) atoms. The molecule has 0 saturated heterocycles. The number of carbonyl (C=O) groups is 1. The van der Waals surface area contributed by atoms with Gasteiger partial charge in [-0.1, -0.05) is 24.3 Å². The van der Waals surface area contributed by atoms with Crippen LogP contribution in [0.1, 0.15) is 28.2 Å². The van der Waals surface area contributed by atoms with Crippen LogP contribution in [0.2, 0.25) is 0 Å². The lowest BCUT2D eigenvalue weighted by Gasteiger charge is -2.14. The Morgan fingerprint density at radius 3 is 2.83 bits per heavy atom. The summed E-state index contributed by atoms with van der Waals surface area (Å²) < 4.78 is 13.8. The predicted octanol–water partition coefficient (Wildman–Crippen LogP) is 4.61. The van der Waals surface area contributed by atoms with E-state index in [1.54, 1.807) is 31.6 Å². The molecule has 2 aromatic carbocycles. The van der Waals surface area contributed by atoms with E-state index in [-0.39, 0.29) is 5.91 Å². The van der Waals surface area contributed by atoms with Crippen LogP contribution in [0.4, 0.5) is 0 Å². The number of aromatic nitrogens is 3. The fraction of sp³-hybridized carbons (Fsp3) is 0.250. The molecular weight excluding hydrogens is 440 g/mol. The van der Waals surface area contributed by atoms with Gasteiger partial charge in [0.25, 0.3) is 5.91 Å². The van der Waals surface area contributed by atoms with Crippen LogP contribution in [-0.2, 0) is 19.4 Å². The molecule has 0 saturated carbocycles. The van der Waals surface area contributed by atoms with E-state index < -0.39 is 0 Å². The average Bonchev–Trinajstić information content (AvgIpc) is 3.25. The minimum Gasteiger partial charge on any atom is -0.493 e. The van der Waals surface area contributed by atoms with Gasteiger partial charge in [0.15, 0.2) is 11.5 Å². The molecule has 4 rings (SSSR count). The van der Waals surface area contributed by atoms with Crippen molar-refractivity contribution in [2.45, 2.75) is 25.8 Å². The Labute approximate surface area is 205 Å². The van der Waals surface area contributed by atoms with E-state index in [4.69, 9.17) is 14.5 Å². The summed E-state index contributed by atoms with van der Waals surface area (Å²) in [5.41, 5.74) is 3.71. The molecule has 4 aromatic rings. The number of nitrogens with one attached hydrogen (secondary N) is 1. The molecule has 1 amide bonds. The Morgan fingerprint density at radius 2 is 2.03 bits per heavy atom. The first-order chi connectivity index (χ1) is 17.2. The van der Waals surface area contributed by atoms with Crippen LogP contribution < -0.4 is 14.8 Å². The average molecular weight is 471 g/mol. The zero-order valence-corrected chi connectivity index (χ0v) is 19.9. The van der Waals surface area contributed by atoms with E-state index >= 15 is 0 Å². The molecule has 0 fully saturated rings. The van der Waals surface area contributed by atoms with Crippen LogP contribution in [-0.4, -0.2) is 40.7 Å². The van der Waals surface area contributed by atoms with Crippen molar-refractivity contribution >= 4 is 16.9 Å². The number of benzene rings is 2. The molecule has 7 nitrogen and oxygen atoms in total. The number of aryl methyl sites for hydroxylation is 1. The van der Waals surface area contributed by atoms with Crippen molar-refractivity contribution in [2.24, 2.45) is 0 Å². The molecule has 2 aromatic heterocycles. The molecule has 7 heteroatoms. The van der Waals surface area contributed by atoms with E-state index in [0.29, 0.717) is 36.8 Å². The van der Waals surface area contributed by atoms with Crippen molar-refractivity contribution in [3.05, 3.63) is 96.6 Å². The number of hydrogen-bond donors (Lipinski definition) is 1. The Balaban J connectivity index is 1.39. The van der Waals surface area contributed by atoms with Crippen LogP contribution >= 0.6 is 0 Å². The minimum absolute atomic E-state index is 0.118. The standard InChI is InChI=1S/C28H30N4O3/c1-3-8-21-13-14-25(26(19-21)34-2)35-18-17-32-24-11-5-4-10-23(24)31-27(32)12-7-16-30-28(33)22-9-6-15-29-20-22/h3-6,9-11,13-15,19-20H,1,7-8,12,16-18H2,2H3,(H,30,33). The van der Waals surface area contributed by atoms with Crippen LogP contribution in [0.15, 0.2) is 79.6 Å². The second kappa shape index (κ2) is 11.8. The molecule has 0 aliphatic rings. The molecular formula is C28H30N4O3. The lowest BCUT2D eigenvalue weighted by molar-refractivity contribution is 0.0952. The summed E-state index contributed by atoms with van der Waals surface area (Å²) in [6.07, 6.45) is 7.38. The smallest absolute Gasteiger partial charge is 0.252 e. The third-order valence-electron chi connectivity index (χ3n) is 5.70. The van der Waals surface area contributed by atoms with Gasteiger partial charge in [-0.25, -0.2) is 4.98 Å². The van der Waals surface area contributed by atoms with Crippen molar-refractivity contribution in [2.75, 3.05) is 20.3 Å². The highest BCUT2D eigenvalue weighted by Gasteiger charge is 2.12. The number of ether oxygens (including phenoxy) is 2. The quantitative estimate of drug-likeness (QED) is 0.242. The molecule has 2 heterocycles. The predicted molar refractivity (Wildman–Crippen MR) is 137 cm³/mol. The third kappa shape index (κ3) is 6.06. The van der Waals surface area contributed by atoms with Gasteiger partial charge in [0.05, 0.1) is 30.3 Å². The number of carbonyl (C=O) groups excluding carboxylic acids is 1. The van der Waals surface area contributed by atoms with E-state index in [1.807, 2.05) is 42.5 Å². The SMILES string of the molecule is C=CCc1ccc(OCCn2c(CCCNC(=O)c3cccnc3)nc3ccccc32)c(OC)c1. The van der Waals surface area contributed by atoms with Crippen molar-refractivity contribution < 1.29 is 14.3 Å². The highest BCUT2D eigenvalue weighted by molar-refractivity contribution is 5.93. The number of imidazole rings is 1. The summed E-state index contributed by atoms with van der Waals surface area (Å²) in [5.74, 6) is 2.28. The second-order valence-corrected chi connectivity index (χ2v) is 8.10. The number of nitrogens with zero attached hydrogens (tertiary/aromatic N) is 3. The third-order valence-corrected chi connectivity index (χ3v) is 5.70. The van der Waals surface area contributed by atoms with Crippen molar-refractivity contribution in [1.82, 2.24) is 19.9 Å². The van der Waals surface area contributed by atoms with Crippen LogP contribution in [0.5, 0.6) is 11.5 Å². The summed E-state index contributed by atoms with van der Waals surface area (Å²) in [6, 6.07) is 17.5. The number of allylic oxidation sites excluding steroid dienone is 1. The monoisotopic (exact) mass is 470 g/mol. The summed E-state index contributed by atoms with van der Waals surface area (Å²) in [6.45, 7) is 5.47. The molecule has 0 unspecified atom stereocenters. The molecule has 0 aliphatic heterocycles. The summed E-state index contributed by atoms with van der Waals surface area (Å²) in [5, 5.41) is 2.95. The number of fused-ring (bicyclic) bond motifs is 1. The highest BCUT2D eigenvalue weighted by atomic mass is 16.5. The van der Waals surface area contributed by atoms with Gasteiger partial charge in [0.1, 0.15) is 12.4 Å². The minimum atomic E-state index is -0.118. The first-order valence-corrected chi connectivity index (χ1v) is 11.7. The molecule has 180 valence electrons. The summed E-state index contributed by atoms with van der Waals surface area (Å²) in [7, 11) is 1.65. The normalized spacial score (nSPS) is 10.8. The fourth-order valence-corrected chi connectivity index (χ4v) is 3.99. The number of pyridine rings is 1. The molecule has 0 bridgehead atoms. The maximum absolute atomic E-state index is 12.2. The van der Waals surface area contributed by atoms with Gasteiger partial charge in [-0.05, 0) is 54.8 Å². The topological polar surface area (TPSA) is 78.3 Å². The van der Waals surface area contributed by atoms with Crippen LogP contribution in [0.3, 0.4) is 0 Å². The fourth-order valence-electron chi connectivity index (χ4n) is 3.99. The zero-order valence-electron chi connectivity index (χ0n) is 19.9.